The van der Waals surface area contributed by atoms with Crippen LogP contribution in [0.1, 0.15) is 5.82 Å². The molecule has 6 heteroatoms. The molecule has 1 aromatic rings. The van der Waals surface area contributed by atoms with E-state index < -0.39 is 0 Å². The van der Waals surface area contributed by atoms with Gasteiger partial charge in [0.05, 0.1) is 0 Å². The van der Waals surface area contributed by atoms with Gasteiger partial charge in [0.25, 0.3) is 0 Å². The molecule has 1 aromatic heterocycles. The monoisotopic (exact) mass is 160 g/mol. The third-order valence-electron chi connectivity index (χ3n) is 0.664. The van der Waals surface area contributed by atoms with Crippen LogP contribution >= 0.6 is 20.3 Å². The molecular formula is C3H2ClN4P. The fourth-order valence-corrected chi connectivity index (χ4v) is 0.531. The second-order valence-electron chi connectivity index (χ2n) is 1.23. The molecule has 0 aromatic carbocycles. The van der Waals surface area contributed by atoms with Crippen LogP contribution in [0.4, 0.5) is 0 Å². The summed E-state index contributed by atoms with van der Waals surface area (Å²) in [5.74, 6) is 3.08. The van der Waals surface area contributed by atoms with Gasteiger partial charge in [0.1, 0.15) is 0 Å². The van der Waals surface area contributed by atoms with Gasteiger partial charge in [0.15, 0.2) is 0 Å². The minimum absolute atomic E-state index is 0.259. The Morgan fingerprint density at radius 2 is 2.56 bits per heavy atom. The number of hydrogen-bond acceptors (Lipinski definition) is 3. The maximum absolute atomic E-state index is 5.37. The average Bonchev–Trinajstić information content (AvgIpc) is 2.34. The Hall–Kier alpha value is -0.430. The van der Waals surface area contributed by atoms with Crippen LogP contribution in [0, 0.1) is 5.75 Å². The quantitative estimate of drug-likeness (QED) is 0.446. The van der Waals surface area contributed by atoms with Crippen LogP contribution in [-0.2, 0) is 5.88 Å². The molecule has 0 amide bonds. The van der Waals surface area contributed by atoms with Gasteiger partial charge in [0.2, 0.25) is 0 Å². The normalized spacial score (nSPS) is 8.89. The number of alkyl halides is 1. The van der Waals surface area contributed by atoms with Crippen LogP contribution in [0.3, 0.4) is 0 Å². The van der Waals surface area contributed by atoms with E-state index >= 15 is 0 Å². The predicted octanol–water partition coefficient (Wildman–Crippen LogP) is 0.587. The number of nitrogens with zero attached hydrogens (tertiary/aromatic N) is 4. The summed E-state index contributed by atoms with van der Waals surface area (Å²) in [6.07, 6.45) is 0. The number of rotatable bonds is 1. The van der Waals surface area contributed by atoms with E-state index in [0.717, 1.165) is 4.80 Å². The Kier molecular flexibility index (Phi) is 2.17. The zero-order valence-electron chi connectivity index (χ0n) is 4.32. The van der Waals surface area contributed by atoms with E-state index in [4.69, 9.17) is 11.6 Å². The van der Waals surface area contributed by atoms with Crippen molar-refractivity contribution in [1.82, 2.24) is 20.2 Å². The summed E-state index contributed by atoms with van der Waals surface area (Å²) in [5, 5.41) is 10.8. The number of tetrazole rings is 1. The number of hydrogen-bond donors (Lipinski definition) is 0. The van der Waals surface area contributed by atoms with Crippen molar-refractivity contribution in [2.75, 3.05) is 0 Å². The molecule has 0 saturated heterocycles. The first kappa shape index (κ1) is 6.69. The van der Waals surface area contributed by atoms with E-state index in [2.05, 4.69) is 29.9 Å². The summed E-state index contributed by atoms with van der Waals surface area (Å²) < 4.78 is 0. The van der Waals surface area contributed by atoms with E-state index in [1.165, 1.54) is 0 Å². The van der Waals surface area contributed by atoms with Gasteiger partial charge in [-0.1, -0.05) is 0 Å². The topological polar surface area (TPSA) is 43.6 Å². The molecular weight excluding hydrogens is 158 g/mol. The Morgan fingerprint density at radius 1 is 1.78 bits per heavy atom. The number of aromatic nitrogens is 4. The Bertz CT molecular complexity index is 238. The van der Waals surface area contributed by atoms with Gasteiger partial charge in [-0.2, -0.15) is 0 Å². The second-order valence-corrected chi connectivity index (χ2v) is 1.70. The molecule has 0 radical (unpaired) electrons. The summed E-state index contributed by atoms with van der Waals surface area (Å²) in [6, 6.07) is 0. The van der Waals surface area contributed by atoms with E-state index in [0.29, 0.717) is 5.82 Å². The van der Waals surface area contributed by atoms with E-state index in [1.807, 2.05) is 0 Å². The predicted molar refractivity (Wildman–Crippen MR) is 33.6 cm³/mol. The average molecular weight is 161 g/mol. The van der Waals surface area contributed by atoms with Gasteiger partial charge < -0.3 is 0 Å². The third kappa shape index (κ3) is 1.49. The van der Waals surface area contributed by atoms with Gasteiger partial charge in [-0.05, 0) is 0 Å². The van der Waals surface area contributed by atoms with E-state index in [-0.39, 0.29) is 5.88 Å². The fraction of sp³-hybridized carbons (Fsp3) is 0.333. The van der Waals surface area contributed by atoms with Crippen molar-refractivity contribution in [2.24, 2.45) is 0 Å². The molecule has 0 aliphatic heterocycles. The van der Waals surface area contributed by atoms with Gasteiger partial charge >= 0.3 is 58.0 Å². The first-order valence-corrected chi connectivity index (χ1v) is 3.10. The minimum atomic E-state index is 0.259. The molecule has 1 rings (SSSR count). The summed E-state index contributed by atoms with van der Waals surface area (Å²) in [5.41, 5.74) is 0. The molecule has 0 atom stereocenters. The molecule has 46 valence electrons. The molecule has 0 bridgehead atoms. The standard InChI is InChI=1S/C3H2ClN4P/c4-1-3-5-7-8(2-9)6-3/h1H2. The van der Waals surface area contributed by atoms with Crippen LogP contribution in [0.15, 0.2) is 0 Å². The Morgan fingerprint density at radius 3 is 2.89 bits per heavy atom. The zero-order chi connectivity index (χ0) is 6.69. The summed E-state index contributed by atoms with van der Waals surface area (Å²) in [6.45, 7) is 0. The van der Waals surface area contributed by atoms with Crippen LogP contribution in [0.5, 0.6) is 0 Å². The molecule has 0 unspecified atom stereocenters. The molecule has 0 aliphatic carbocycles. The molecule has 9 heavy (non-hydrogen) atoms. The number of halogens is 1. The van der Waals surface area contributed by atoms with Gasteiger partial charge in [-0.3, -0.25) is 0 Å². The van der Waals surface area contributed by atoms with Gasteiger partial charge in [-0.15, -0.1) is 0 Å². The first-order valence-electron chi connectivity index (χ1n) is 2.12. The van der Waals surface area contributed by atoms with Gasteiger partial charge in [0, 0.05) is 0 Å². The first-order chi connectivity index (χ1) is 4.36. The van der Waals surface area contributed by atoms with Crippen molar-refractivity contribution < 1.29 is 0 Å². The van der Waals surface area contributed by atoms with Crippen LogP contribution < -0.4 is 0 Å². The maximum atomic E-state index is 5.37. The third-order valence-corrected chi connectivity index (χ3v) is 1.08. The van der Waals surface area contributed by atoms with Crippen LogP contribution in [0.25, 0.3) is 0 Å². The summed E-state index contributed by atoms with van der Waals surface area (Å²) in [4.78, 5) is 1.11. The SMILES string of the molecule is P#Cn1nnc(CCl)n1. The molecule has 0 aliphatic rings. The summed E-state index contributed by atoms with van der Waals surface area (Å²) in [7, 11) is 3.67. The molecule has 1 heterocycles. The molecule has 0 spiro atoms. The van der Waals surface area contributed by atoms with E-state index in [1.54, 1.807) is 0 Å². The zero-order valence-corrected chi connectivity index (χ0v) is 5.97. The molecule has 0 N–H and O–H groups in total. The van der Waals surface area contributed by atoms with Crippen molar-refractivity contribution >= 4 is 20.3 Å². The Balaban J connectivity index is 2.90. The van der Waals surface area contributed by atoms with Crippen LogP contribution in [0.2, 0.25) is 0 Å². The second kappa shape index (κ2) is 2.92. The van der Waals surface area contributed by atoms with Crippen molar-refractivity contribution in [3.63, 3.8) is 0 Å². The molecule has 0 fully saturated rings. The molecule has 4 nitrogen and oxygen atoms in total. The summed E-state index contributed by atoms with van der Waals surface area (Å²) >= 11 is 5.37. The molecule has 0 saturated carbocycles. The van der Waals surface area contributed by atoms with Crippen molar-refractivity contribution in [2.45, 2.75) is 5.88 Å². The van der Waals surface area contributed by atoms with Crippen molar-refractivity contribution in [3.8, 4) is 5.75 Å². The van der Waals surface area contributed by atoms with Crippen molar-refractivity contribution in [3.05, 3.63) is 5.82 Å². The van der Waals surface area contributed by atoms with E-state index in [9.17, 15) is 0 Å². The van der Waals surface area contributed by atoms with Gasteiger partial charge in [-0.25, -0.2) is 0 Å². The Labute approximate surface area is 58.7 Å². The van der Waals surface area contributed by atoms with Crippen LogP contribution in [-0.4, -0.2) is 20.2 Å². The fourth-order valence-electron chi connectivity index (χ4n) is 0.339. The van der Waals surface area contributed by atoms with Crippen molar-refractivity contribution in [1.29, 1.82) is 0 Å².